The van der Waals surface area contributed by atoms with Gasteiger partial charge >= 0.3 is 5.97 Å². The maximum Gasteiger partial charge on any atom is 0.303 e. The molecule has 40 heavy (non-hydrogen) atoms. The van der Waals surface area contributed by atoms with Crippen LogP contribution in [0.5, 0.6) is 0 Å². The number of carboxylic acid groups (broad SMARTS) is 1. The Kier molecular flexibility index (Phi) is 10.8. The lowest BCUT2D eigenvalue weighted by Gasteiger charge is -2.36. The van der Waals surface area contributed by atoms with Crippen molar-refractivity contribution in [3.8, 4) is 0 Å². The normalized spacial score (nSPS) is 20.7. The average Bonchev–Trinajstić information content (AvgIpc) is 3.17. The molecule has 0 radical (unpaired) electrons. The lowest BCUT2D eigenvalue weighted by atomic mass is 9.91. The fourth-order valence-electron chi connectivity index (χ4n) is 5.72. The highest BCUT2D eigenvalue weighted by Crippen LogP contribution is 2.35. The summed E-state index contributed by atoms with van der Waals surface area (Å²) in [6.45, 7) is 6.67. The van der Waals surface area contributed by atoms with Gasteiger partial charge in [-0.3, -0.25) is 23.7 Å². The third-order valence-electron chi connectivity index (χ3n) is 7.59. The van der Waals surface area contributed by atoms with Gasteiger partial charge in [-0.15, -0.1) is 0 Å². The van der Waals surface area contributed by atoms with Gasteiger partial charge in [0.15, 0.2) is 0 Å². The van der Waals surface area contributed by atoms with Crippen LogP contribution in [0.25, 0.3) is 11.7 Å². The van der Waals surface area contributed by atoms with Crippen molar-refractivity contribution in [1.29, 1.82) is 0 Å². The number of carboxylic acids is 1. The minimum Gasteiger partial charge on any atom is -0.481 e. The third kappa shape index (κ3) is 7.72. The second-order valence-electron chi connectivity index (χ2n) is 11.2. The Balaban J connectivity index is 1.41. The number of piperidine rings is 1. The number of nitrogens with zero attached hydrogens (tertiary/aromatic N) is 4. The Bertz CT molecular complexity index is 1310. The number of anilines is 1. The second-order valence-corrected chi connectivity index (χ2v) is 12.9. The predicted molar refractivity (Wildman–Crippen MR) is 166 cm³/mol. The quantitative estimate of drug-likeness (QED) is 0.175. The van der Waals surface area contributed by atoms with E-state index in [1.165, 1.54) is 11.8 Å². The standard InChI is InChI=1S/C30H40N4O4S2/c1-21-17-22(2)20-32(19-21)27-23(28(37)33-15-12-10-13-25(33)31-27)18-24-29(38)34(30(39)40-24)16-11-8-6-4-3-5-7-9-14-26(35)36/h10,12-13,15,18,21-22H,3-9,11,14,16-17,19-20H2,1-2H3,(H,35,36)/b24-18+. The van der Waals surface area contributed by atoms with Crippen molar-refractivity contribution in [3.05, 3.63) is 45.2 Å². The van der Waals surface area contributed by atoms with Crippen LogP contribution in [0.4, 0.5) is 5.82 Å². The first-order valence-corrected chi connectivity index (χ1v) is 15.7. The maximum absolute atomic E-state index is 13.7. The molecule has 2 unspecified atom stereocenters. The van der Waals surface area contributed by atoms with Gasteiger partial charge in [0, 0.05) is 32.3 Å². The molecule has 8 nitrogen and oxygen atoms in total. The highest BCUT2D eigenvalue weighted by molar-refractivity contribution is 8.26. The first kappa shape index (κ1) is 30.2. The van der Waals surface area contributed by atoms with Crippen LogP contribution in [0, 0.1) is 11.8 Å². The summed E-state index contributed by atoms with van der Waals surface area (Å²) in [5.41, 5.74) is 0.854. The molecular formula is C30H40N4O4S2. The molecule has 2 aromatic heterocycles. The Morgan fingerprint density at radius 2 is 1.70 bits per heavy atom. The van der Waals surface area contributed by atoms with E-state index in [1.807, 2.05) is 18.2 Å². The van der Waals surface area contributed by atoms with Crippen molar-refractivity contribution in [1.82, 2.24) is 14.3 Å². The first-order valence-electron chi connectivity index (χ1n) is 14.5. The number of hydrogen-bond acceptors (Lipinski definition) is 7. The zero-order valence-corrected chi connectivity index (χ0v) is 25.1. The Hall–Kier alpha value is -2.72. The minimum atomic E-state index is -0.724. The zero-order chi connectivity index (χ0) is 28.6. The molecule has 2 atom stereocenters. The van der Waals surface area contributed by atoms with Crippen molar-refractivity contribution in [2.75, 3.05) is 24.5 Å². The van der Waals surface area contributed by atoms with Gasteiger partial charge in [0.05, 0.1) is 10.5 Å². The minimum absolute atomic E-state index is 0.141. The third-order valence-corrected chi connectivity index (χ3v) is 8.97. The number of aliphatic carboxylic acids is 1. The molecule has 0 aromatic carbocycles. The monoisotopic (exact) mass is 584 g/mol. The van der Waals surface area contributed by atoms with Gasteiger partial charge in [0.25, 0.3) is 11.5 Å². The van der Waals surface area contributed by atoms with E-state index in [2.05, 4.69) is 18.7 Å². The smallest absolute Gasteiger partial charge is 0.303 e. The molecule has 2 aliphatic rings. The molecule has 4 heterocycles. The van der Waals surface area contributed by atoms with Crippen LogP contribution < -0.4 is 10.5 Å². The van der Waals surface area contributed by atoms with E-state index in [9.17, 15) is 14.4 Å². The number of carbonyl (C=O) groups excluding carboxylic acids is 1. The van der Waals surface area contributed by atoms with Gasteiger partial charge in [-0.25, -0.2) is 4.98 Å². The number of fused-ring (bicyclic) bond motifs is 1. The zero-order valence-electron chi connectivity index (χ0n) is 23.5. The van der Waals surface area contributed by atoms with Crippen LogP contribution in [0.1, 0.15) is 83.6 Å². The van der Waals surface area contributed by atoms with Gasteiger partial charge in [-0.1, -0.05) is 82.4 Å². The molecule has 2 fully saturated rings. The largest absolute Gasteiger partial charge is 0.481 e. The first-order chi connectivity index (χ1) is 19.2. The molecule has 2 saturated heterocycles. The summed E-state index contributed by atoms with van der Waals surface area (Å²) in [6.07, 6.45) is 12.8. The van der Waals surface area contributed by atoms with E-state index in [-0.39, 0.29) is 17.9 Å². The van der Waals surface area contributed by atoms with Crippen molar-refractivity contribution in [2.45, 2.75) is 78.1 Å². The van der Waals surface area contributed by atoms with Crippen molar-refractivity contribution in [2.24, 2.45) is 11.8 Å². The van der Waals surface area contributed by atoms with Gasteiger partial charge in [-0.2, -0.15) is 0 Å². The summed E-state index contributed by atoms with van der Waals surface area (Å²) in [5, 5.41) is 8.70. The molecule has 0 bridgehead atoms. The van der Waals surface area contributed by atoms with E-state index in [1.54, 1.807) is 21.6 Å². The summed E-state index contributed by atoms with van der Waals surface area (Å²) >= 11 is 6.83. The van der Waals surface area contributed by atoms with Gasteiger partial charge in [0.1, 0.15) is 15.8 Å². The molecule has 4 rings (SSSR count). The van der Waals surface area contributed by atoms with Crippen molar-refractivity contribution < 1.29 is 14.7 Å². The molecule has 10 heteroatoms. The molecule has 2 aromatic rings. The van der Waals surface area contributed by atoms with Gasteiger partial charge < -0.3 is 10.0 Å². The van der Waals surface area contributed by atoms with Crippen LogP contribution in [-0.2, 0) is 9.59 Å². The number of carbonyl (C=O) groups is 2. The Morgan fingerprint density at radius 1 is 1.05 bits per heavy atom. The lowest BCUT2D eigenvalue weighted by Crippen LogP contribution is -2.40. The molecule has 1 amide bonds. The van der Waals surface area contributed by atoms with Crippen molar-refractivity contribution >= 4 is 57.7 Å². The average molecular weight is 585 g/mol. The van der Waals surface area contributed by atoms with E-state index in [0.717, 1.165) is 70.9 Å². The molecule has 216 valence electrons. The summed E-state index contributed by atoms with van der Waals surface area (Å²) < 4.78 is 2.07. The molecule has 1 N–H and O–H groups in total. The fraction of sp³-hybridized carbons (Fsp3) is 0.567. The van der Waals surface area contributed by atoms with Crippen LogP contribution in [0.15, 0.2) is 34.1 Å². The predicted octanol–water partition coefficient (Wildman–Crippen LogP) is 5.97. The summed E-state index contributed by atoms with van der Waals surface area (Å²) in [7, 11) is 0. The number of unbranched alkanes of at least 4 members (excludes halogenated alkanes) is 7. The van der Waals surface area contributed by atoms with Crippen LogP contribution >= 0.6 is 24.0 Å². The van der Waals surface area contributed by atoms with Gasteiger partial charge in [-0.05, 0) is 49.3 Å². The fourth-order valence-corrected chi connectivity index (χ4v) is 7.02. The van der Waals surface area contributed by atoms with Crippen LogP contribution in [0.3, 0.4) is 0 Å². The molecular weight excluding hydrogens is 544 g/mol. The molecule has 0 aliphatic carbocycles. The summed E-state index contributed by atoms with van der Waals surface area (Å²) in [6, 6.07) is 5.52. The Morgan fingerprint density at radius 3 is 2.38 bits per heavy atom. The number of amides is 1. The van der Waals surface area contributed by atoms with E-state index in [4.69, 9.17) is 22.3 Å². The number of thiocarbonyl (C=S) groups is 1. The van der Waals surface area contributed by atoms with E-state index < -0.39 is 5.97 Å². The Labute approximate surface area is 245 Å². The van der Waals surface area contributed by atoms with Gasteiger partial charge in [0.2, 0.25) is 0 Å². The number of aromatic nitrogens is 2. The lowest BCUT2D eigenvalue weighted by molar-refractivity contribution is -0.137. The van der Waals surface area contributed by atoms with E-state index >= 15 is 0 Å². The summed E-state index contributed by atoms with van der Waals surface area (Å²) in [5.74, 6) is 0.754. The molecule has 0 saturated carbocycles. The van der Waals surface area contributed by atoms with Crippen LogP contribution in [-0.4, -0.2) is 55.2 Å². The topological polar surface area (TPSA) is 95.2 Å². The maximum atomic E-state index is 13.7. The number of hydrogen-bond donors (Lipinski definition) is 1. The number of pyridine rings is 1. The van der Waals surface area contributed by atoms with Crippen molar-refractivity contribution in [3.63, 3.8) is 0 Å². The van der Waals surface area contributed by atoms with E-state index in [0.29, 0.717) is 44.6 Å². The highest BCUT2D eigenvalue weighted by Gasteiger charge is 2.33. The molecule has 0 spiro atoms. The van der Waals surface area contributed by atoms with Crippen LogP contribution in [0.2, 0.25) is 0 Å². The highest BCUT2D eigenvalue weighted by atomic mass is 32.2. The second kappa shape index (κ2) is 14.3. The number of rotatable bonds is 13. The summed E-state index contributed by atoms with van der Waals surface area (Å²) in [4.78, 5) is 46.8. The number of thioether (sulfide) groups is 1. The molecule has 2 aliphatic heterocycles. The SMILES string of the molecule is CC1CC(C)CN(c2nc3ccccn3c(=O)c2/C=C2/SC(=S)N(CCCCCCCCCCC(=O)O)C2=O)C1.